The van der Waals surface area contributed by atoms with Gasteiger partial charge >= 0.3 is 0 Å². The van der Waals surface area contributed by atoms with Crippen LogP contribution in [0.5, 0.6) is 5.75 Å². The van der Waals surface area contributed by atoms with Gasteiger partial charge in [-0.15, -0.1) is 0 Å². The van der Waals surface area contributed by atoms with Crippen molar-refractivity contribution in [3.63, 3.8) is 0 Å². The molecule has 0 saturated heterocycles. The zero-order valence-electron chi connectivity index (χ0n) is 10.9. The number of nitrogens with one attached hydrogen (secondary N) is 1. The molecule has 0 bridgehead atoms. The molecule has 1 atom stereocenters. The molecular weight excluding hydrogens is 235 g/mol. The first-order chi connectivity index (χ1) is 8.49. The lowest BCUT2D eigenvalue weighted by Crippen LogP contribution is -2.33. The number of ether oxygens (including phenoxy) is 1. The molecule has 0 radical (unpaired) electrons. The van der Waals surface area contributed by atoms with Crippen molar-refractivity contribution in [3.8, 4) is 5.75 Å². The Kier molecular flexibility index (Phi) is 5.09. The molecule has 0 saturated carbocycles. The van der Waals surface area contributed by atoms with Crippen LogP contribution < -0.4 is 15.8 Å². The largest absolute Gasteiger partial charge is 0.495 e. The molecule has 0 aliphatic carbocycles. The minimum absolute atomic E-state index is 0.120. The summed E-state index contributed by atoms with van der Waals surface area (Å²) in [6, 6.07) is 3.97. The molecule has 0 aliphatic heterocycles. The van der Waals surface area contributed by atoms with Crippen molar-refractivity contribution < 1.29 is 13.9 Å². The van der Waals surface area contributed by atoms with Gasteiger partial charge in [-0.3, -0.25) is 4.79 Å². The average Bonchev–Trinajstić information content (AvgIpc) is 2.29. The monoisotopic (exact) mass is 254 g/mol. The highest BCUT2D eigenvalue weighted by atomic mass is 19.1. The molecule has 1 rings (SSSR count). The SMILES string of the molecule is COc1ccc(F)cc1NC(=O)C(CN)C(C)C. The van der Waals surface area contributed by atoms with Gasteiger partial charge in [0.05, 0.1) is 18.7 Å². The summed E-state index contributed by atoms with van der Waals surface area (Å²) in [7, 11) is 1.46. The van der Waals surface area contributed by atoms with E-state index in [0.717, 1.165) is 0 Å². The summed E-state index contributed by atoms with van der Waals surface area (Å²) in [6.07, 6.45) is 0. The molecule has 18 heavy (non-hydrogen) atoms. The van der Waals surface area contributed by atoms with E-state index in [1.54, 1.807) is 0 Å². The lowest BCUT2D eigenvalue weighted by molar-refractivity contribution is -0.120. The van der Waals surface area contributed by atoms with Gasteiger partial charge in [0.1, 0.15) is 11.6 Å². The number of rotatable bonds is 5. The predicted octanol–water partition coefficient (Wildman–Crippen LogP) is 2.00. The van der Waals surface area contributed by atoms with Crippen molar-refractivity contribution >= 4 is 11.6 Å². The molecule has 1 unspecified atom stereocenters. The third-order valence-corrected chi connectivity index (χ3v) is 2.81. The first-order valence-electron chi connectivity index (χ1n) is 5.84. The molecule has 1 aromatic carbocycles. The van der Waals surface area contributed by atoms with Crippen molar-refractivity contribution in [2.45, 2.75) is 13.8 Å². The Morgan fingerprint density at radius 3 is 2.67 bits per heavy atom. The molecule has 5 heteroatoms. The Morgan fingerprint density at radius 2 is 2.17 bits per heavy atom. The number of hydrogen-bond acceptors (Lipinski definition) is 3. The van der Waals surface area contributed by atoms with Gasteiger partial charge in [0.2, 0.25) is 5.91 Å². The van der Waals surface area contributed by atoms with E-state index in [4.69, 9.17) is 10.5 Å². The summed E-state index contributed by atoms with van der Waals surface area (Å²) in [5.41, 5.74) is 5.88. The summed E-state index contributed by atoms with van der Waals surface area (Å²) in [4.78, 5) is 12.0. The molecule has 4 nitrogen and oxygen atoms in total. The lowest BCUT2D eigenvalue weighted by Gasteiger charge is -2.19. The number of nitrogens with two attached hydrogens (primary N) is 1. The second-order valence-electron chi connectivity index (χ2n) is 4.42. The van der Waals surface area contributed by atoms with Gasteiger partial charge in [-0.05, 0) is 18.1 Å². The van der Waals surface area contributed by atoms with E-state index in [9.17, 15) is 9.18 Å². The number of halogens is 1. The second kappa shape index (κ2) is 6.35. The molecule has 100 valence electrons. The number of methoxy groups -OCH3 is 1. The van der Waals surface area contributed by atoms with Crippen LogP contribution in [0.15, 0.2) is 18.2 Å². The normalized spacial score (nSPS) is 12.3. The van der Waals surface area contributed by atoms with Gasteiger partial charge in [0.25, 0.3) is 0 Å². The van der Waals surface area contributed by atoms with Crippen LogP contribution in [-0.4, -0.2) is 19.6 Å². The zero-order chi connectivity index (χ0) is 13.7. The van der Waals surface area contributed by atoms with Gasteiger partial charge < -0.3 is 15.8 Å². The van der Waals surface area contributed by atoms with E-state index < -0.39 is 5.82 Å². The summed E-state index contributed by atoms with van der Waals surface area (Å²) in [6.45, 7) is 4.08. The van der Waals surface area contributed by atoms with Gasteiger partial charge in [0, 0.05) is 12.6 Å². The number of carbonyl (C=O) groups is 1. The molecule has 1 aromatic rings. The van der Waals surface area contributed by atoms with Crippen LogP contribution in [-0.2, 0) is 4.79 Å². The van der Waals surface area contributed by atoms with E-state index in [0.29, 0.717) is 11.4 Å². The van der Waals surface area contributed by atoms with Crippen LogP contribution in [0.4, 0.5) is 10.1 Å². The highest BCUT2D eigenvalue weighted by Crippen LogP contribution is 2.26. The van der Waals surface area contributed by atoms with Crippen molar-refractivity contribution in [2.24, 2.45) is 17.6 Å². The van der Waals surface area contributed by atoms with Crippen LogP contribution in [0.3, 0.4) is 0 Å². The van der Waals surface area contributed by atoms with Gasteiger partial charge in [-0.2, -0.15) is 0 Å². The second-order valence-corrected chi connectivity index (χ2v) is 4.42. The van der Waals surface area contributed by atoms with Crippen molar-refractivity contribution in [3.05, 3.63) is 24.0 Å². The van der Waals surface area contributed by atoms with Crippen LogP contribution in [0.1, 0.15) is 13.8 Å². The third-order valence-electron chi connectivity index (χ3n) is 2.81. The minimum atomic E-state index is -0.431. The minimum Gasteiger partial charge on any atom is -0.495 e. The van der Waals surface area contributed by atoms with Gasteiger partial charge in [-0.25, -0.2) is 4.39 Å². The van der Waals surface area contributed by atoms with Crippen LogP contribution in [0.2, 0.25) is 0 Å². The Bertz CT molecular complexity index is 421. The number of carbonyl (C=O) groups excluding carboxylic acids is 1. The van der Waals surface area contributed by atoms with E-state index in [1.165, 1.54) is 25.3 Å². The van der Waals surface area contributed by atoms with Crippen LogP contribution in [0, 0.1) is 17.7 Å². The number of anilines is 1. The predicted molar refractivity (Wildman–Crippen MR) is 69.0 cm³/mol. The van der Waals surface area contributed by atoms with E-state index >= 15 is 0 Å². The quantitative estimate of drug-likeness (QED) is 0.844. The highest BCUT2D eigenvalue weighted by Gasteiger charge is 2.21. The zero-order valence-corrected chi connectivity index (χ0v) is 10.9. The van der Waals surface area contributed by atoms with Crippen molar-refractivity contribution in [1.29, 1.82) is 0 Å². The third kappa shape index (κ3) is 3.43. The smallest absolute Gasteiger partial charge is 0.229 e. The maximum Gasteiger partial charge on any atom is 0.229 e. The molecule has 1 amide bonds. The van der Waals surface area contributed by atoms with Crippen molar-refractivity contribution in [1.82, 2.24) is 0 Å². The molecule has 0 aromatic heterocycles. The van der Waals surface area contributed by atoms with Crippen LogP contribution >= 0.6 is 0 Å². The van der Waals surface area contributed by atoms with Gasteiger partial charge in [0.15, 0.2) is 0 Å². The fourth-order valence-electron chi connectivity index (χ4n) is 1.69. The summed E-state index contributed by atoms with van der Waals surface area (Å²) in [5, 5.41) is 2.65. The van der Waals surface area contributed by atoms with Crippen molar-refractivity contribution in [2.75, 3.05) is 19.0 Å². The fraction of sp³-hybridized carbons (Fsp3) is 0.462. The first-order valence-corrected chi connectivity index (χ1v) is 5.84. The molecule has 0 heterocycles. The van der Waals surface area contributed by atoms with Crippen LogP contribution in [0.25, 0.3) is 0 Å². The fourth-order valence-corrected chi connectivity index (χ4v) is 1.69. The summed E-state index contributed by atoms with van der Waals surface area (Å²) < 4.78 is 18.2. The standard InChI is InChI=1S/C13H19FN2O2/c1-8(2)10(7-15)13(17)16-11-6-9(14)4-5-12(11)18-3/h4-6,8,10H,7,15H2,1-3H3,(H,16,17). The average molecular weight is 254 g/mol. The van der Waals surface area contributed by atoms with E-state index in [1.807, 2.05) is 13.8 Å². The Morgan fingerprint density at radius 1 is 1.50 bits per heavy atom. The molecule has 3 N–H and O–H groups in total. The topological polar surface area (TPSA) is 64.3 Å². The molecule has 0 spiro atoms. The summed E-state index contributed by atoms with van der Waals surface area (Å²) >= 11 is 0. The number of hydrogen-bond donors (Lipinski definition) is 2. The van der Waals surface area contributed by atoms with E-state index in [2.05, 4.69) is 5.32 Å². The van der Waals surface area contributed by atoms with Gasteiger partial charge in [-0.1, -0.05) is 13.8 Å². The highest BCUT2D eigenvalue weighted by molar-refractivity contribution is 5.94. The van der Waals surface area contributed by atoms with E-state index in [-0.39, 0.29) is 24.3 Å². The maximum absolute atomic E-state index is 13.1. The Hall–Kier alpha value is -1.62. The number of amides is 1. The molecule has 0 fully saturated rings. The number of benzene rings is 1. The first kappa shape index (κ1) is 14.4. The summed E-state index contributed by atoms with van der Waals surface area (Å²) in [5.74, 6) is -0.423. The Labute approximate surface area is 106 Å². The molecular formula is C13H19FN2O2. The Balaban J connectivity index is 2.89. The maximum atomic E-state index is 13.1. The molecule has 0 aliphatic rings. The lowest BCUT2D eigenvalue weighted by atomic mass is 9.95.